The molecule has 2 fully saturated rings. The lowest BCUT2D eigenvalue weighted by atomic mass is 9.95. The number of rotatable bonds is 9. The van der Waals surface area contributed by atoms with Gasteiger partial charge in [-0.15, -0.1) is 0 Å². The fraction of sp³-hybridized carbons (Fsp3) is 0.314. The summed E-state index contributed by atoms with van der Waals surface area (Å²) in [6.07, 6.45) is 1.58. The van der Waals surface area contributed by atoms with Crippen LogP contribution in [-0.4, -0.2) is 45.3 Å². The molecule has 6 rings (SSSR count). The van der Waals surface area contributed by atoms with Gasteiger partial charge in [0.2, 0.25) is 0 Å². The molecule has 2 heterocycles. The van der Waals surface area contributed by atoms with Crippen molar-refractivity contribution in [1.29, 1.82) is 0 Å². The van der Waals surface area contributed by atoms with E-state index in [0.29, 0.717) is 44.3 Å². The van der Waals surface area contributed by atoms with Gasteiger partial charge in [0.05, 0.1) is 46.1 Å². The van der Waals surface area contributed by atoms with E-state index in [2.05, 4.69) is 54.3 Å². The molecule has 41 heavy (non-hydrogen) atoms. The first-order valence-electron chi connectivity index (χ1n) is 14.2. The molecule has 0 N–H and O–H groups in total. The van der Waals surface area contributed by atoms with Gasteiger partial charge in [-0.25, -0.2) is 4.39 Å². The van der Waals surface area contributed by atoms with Crippen molar-refractivity contribution in [1.82, 2.24) is 0 Å². The lowest BCUT2D eigenvalue weighted by Crippen LogP contribution is -2.35. The molecule has 1 atom stereocenters. The van der Waals surface area contributed by atoms with Crippen LogP contribution in [0.5, 0.6) is 5.75 Å². The highest BCUT2D eigenvalue weighted by atomic mass is 19.1. The number of ether oxygens (including phenoxy) is 4. The maximum Gasteiger partial charge on any atom is 0.188 e. The van der Waals surface area contributed by atoms with Crippen molar-refractivity contribution in [3.8, 4) is 16.9 Å². The Balaban J connectivity index is 1.15. The van der Waals surface area contributed by atoms with Crippen LogP contribution in [0.1, 0.15) is 28.7 Å². The molecule has 2 aliphatic rings. The van der Waals surface area contributed by atoms with Gasteiger partial charge in [-0.3, -0.25) is 0 Å². The average molecular weight is 554 g/mol. The first-order chi connectivity index (χ1) is 20.0. The van der Waals surface area contributed by atoms with E-state index in [1.165, 1.54) is 22.8 Å². The highest BCUT2D eigenvalue weighted by Crippen LogP contribution is 2.38. The Morgan fingerprint density at radius 3 is 2.41 bits per heavy atom. The first kappa shape index (κ1) is 27.5. The molecule has 0 bridgehead atoms. The number of halogens is 1. The molecule has 5 nitrogen and oxygen atoms in total. The van der Waals surface area contributed by atoms with E-state index < -0.39 is 5.79 Å². The van der Waals surface area contributed by atoms with Crippen molar-refractivity contribution in [3.63, 3.8) is 0 Å². The molecule has 4 aromatic rings. The van der Waals surface area contributed by atoms with E-state index in [-0.39, 0.29) is 11.9 Å². The Morgan fingerprint density at radius 2 is 1.68 bits per heavy atom. The van der Waals surface area contributed by atoms with Crippen LogP contribution in [0.25, 0.3) is 11.1 Å². The third kappa shape index (κ3) is 6.15. The Bertz CT molecular complexity index is 1470. The maximum atomic E-state index is 14.5. The first-order valence-corrected chi connectivity index (χ1v) is 14.2. The predicted molar refractivity (Wildman–Crippen MR) is 159 cm³/mol. The lowest BCUT2D eigenvalue weighted by molar-refractivity contribution is -0.141. The van der Waals surface area contributed by atoms with Gasteiger partial charge in [0.15, 0.2) is 5.79 Å². The zero-order chi connectivity index (χ0) is 28.2. The second-order valence-corrected chi connectivity index (χ2v) is 10.9. The van der Waals surface area contributed by atoms with Gasteiger partial charge < -0.3 is 23.8 Å². The van der Waals surface area contributed by atoms with Gasteiger partial charge in [0.1, 0.15) is 11.6 Å². The summed E-state index contributed by atoms with van der Waals surface area (Å²) in [5.74, 6) is -0.168. The number of anilines is 1. The van der Waals surface area contributed by atoms with Gasteiger partial charge >= 0.3 is 0 Å². The Morgan fingerprint density at radius 1 is 0.902 bits per heavy atom. The third-order valence-corrected chi connectivity index (χ3v) is 8.12. The van der Waals surface area contributed by atoms with Crippen molar-refractivity contribution in [2.24, 2.45) is 0 Å². The Labute approximate surface area is 241 Å². The monoisotopic (exact) mass is 553 g/mol. The van der Waals surface area contributed by atoms with Crippen molar-refractivity contribution in [2.75, 3.05) is 38.4 Å². The van der Waals surface area contributed by atoms with E-state index in [1.54, 1.807) is 19.2 Å². The molecule has 0 radical (unpaired) electrons. The lowest BCUT2D eigenvalue weighted by Gasteiger charge is -2.27. The van der Waals surface area contributed by atoms with Gasteiger partial charge in [0, 0.05) is 17.7 Å². The van der Waals surface area contributed by atoms with Crippen LogP contribution in [0.15, 0.2) is 91.0 Å². The van der Waals surface area contributed by atoms with Crippen LogP contribution in [0, 0.1) is 12.7 Å². The molecular formula is C35H36FNO4. The summed E-state index contributed by atoms with van der Waals surface area (Å²) in [4.78, 5) is 2.36. The molecule has 6 heteroatoms. The number of hydrogen-bond donors (Lipinski definition) is 0. The zero-order valence-corrected chi connectivity index (χ0v) is 23.6. The maximum absolute atomic E-state index is 14.5. The SMILES string of the molecule is COc1ccc(F)c(-c2ccc(Cc3ccc(N4CC5(C[C@@H]4COCc4ccccc4)OCCO5)cc3)c(C)c2)c1. The standard InChI is InChI=1S/C35H36FNO4/c1-25-18-29(33-20-32(38-2)14-15-34(33)36)11-10-28(25)19-26-8-12-30(13-9-26)37-24-35(40-16-17-41-35)21-31(37)23-39-22-27-6-4-3-5-7-27/h3-15,18,20,31H,16-17,19,21-24H2,1-2H3/t31-/m1/s1. The molecule has 0 amide bonds. The molecule has 0 saturated carbocycles. The van der Waals surface area contributed by atoms with Crippen molar-refractivity contribution in [3.05, 3.63) is 119 Å². The largest absolute Gasteiger partial charge is 0.497 e. The van der Waals surface area contributed by atoms with Crippen molar-refractivity contribution >= 4 is 5.69 Å². The summed E-state index contributed by atoms with van der Waals surface area (Å²) in [7, 11) is 1.59. The molecule has 0 aliphatic carbocycles. The quantitative estimate of drug-likeness (QED) is 0.225. The van der Waals surface area contributed by atoms with Crippen molar-refractivity contribution < 1.29 is 23.3 Å². The van der Waals surface area contributed by atoms with E-state index in [4.69, 9.17) is 18.9 Å². The second kappa shape index (κ2) is 12.0. The minimum atomic E-state index is -0.555. The van der Waals surface area contributed by atoms with Gasteiger partial charge in [-0.1, -0.05) is 60.7 Å². The highest BCUT2D eigenvalue weighted by molar-refractivity contribution is 5.67. The number of hydrogen-bond acceptors (Lipinski definition) is 5. The molecule has 4 aromatic carbocycles. The molecule has 0 unspecified atom stereocenters. The van der Waals surface area contributed by atoms with Crippen LogP contribution in [0.4, 0.5) is 10.1 Å². The van der Waals surface area contributed by atoms with Gasteiger partial charge in [-0.05, 0) is 71.5 Å². The number of benzene rings is 4. The van der Waals surface area contributed by atoms with E-state index in [0.717, 1.165) is 29.7 Å². The second-order valence-electron chi connectivity index (χ2n) is 10.9. The molecule has 2 saturated heterocycles. The summed E-state index contributed by atoms with van der Waals surface area (Å²) in [5.41, 5.74) is 7.25. The summed E-state index contributed by atoms with van der Waals surface area (Å²) >= 11 is 0. The summed E-state index contributed by atoms with van der Waals surface area (Å²) in [5, 5.41) is 0. The van der Waals surface area contributed by atoms with Crippen LogP contribution in [0.3, 0.4) is 0 Å². The van der Waals surface area contributed by atoms with E-state index in [9.17, 15) is 4.39 Å². The van der Waals surface area contributed by atoms with Crippen LogP contribution >= 0.6 is 0 Å². The normalized spacial score (nSPS) is 17.8. The summed E-state index contributed by atoms with van der Waals surface area (Å²) in [6, 6.07) is 30.1. The molecular weight excluding hydrogens is 517 g/mol. The minimum Gasteiger partial charge on any atom is -0.497 e. The van der Waals surface area contributed by atoms with E-state index >= 15 is 0 Å². The molecule has 0 aromatic heterocycles. The van der Waals surface area contributed by atoms with E-state index in [1.807, 2.05) is 30.3 Å². The highest BCUT2D eigenvalue weighted by Gasteiger charge is 2.48. The van der Waals surface area contributed by atoms with Crippen LogP contribution < -0.4 is 9.64 Å². The number of aryl methyl sites for hydroxylation is 1. The predicted octanol–water partition coefficient (Wildman–Crippen LogP) is 6.94. The third-order valence-electron chi connectivity index (χ3n) is 8.12. The molecule has 1 spiro atoms. The summed E-state index contributed by atoms with van der Waals surface area (Å²) < 4.78 is 38.1. The van der Waals surface area contributed by atoms with Gasteiger partial charge in [0.25, 0.3) is 0 Å². The fourth-order valence-electron chi connectivity index (χ4n) is 5.91. The number of methoxy groups -OCH3 is 1. The van der Waals surface area contributed by atoms with Crippen molar-refractivity contribution in [2.45, 2.75) is 38.2 Å². The smallest absolute Gasteiger partial charge is 0.188 e. The molecule has 212 valence electrons. The van der Waals surface area contributed by atoms with Crippen LogP contribution in [0.2, 0.25) is 0 Å². The number of nitrogens with zero attached hydrogens (tertiary/aromatic N) is 1. The summed E-state index contributed by atoms with van der Waals surface area (Å²) in [6.45, 7) is 5.22. The topological polar surface area (TPSA) is 40.2 Å². The Kier molecular flexibility index (Phi) is 8.06. The minimum absolute atomic E-state index is 0.162. The molecule has 2 aliphatic heterocycles. The fourth-order valence-corrected chi connectivity index (χ4v) is 5.91. The average Bonchev–Trinajstić information content (AvgIpc) is 3.61. The Hall–Kier alpha value is -3.71. The van der Waals surface area contributed by atoms with Crippen LogP contribution in [-0.2, 0) is 27.2 Å². The van der Waals surface area contributed by atoms with Gasteiger partial charge in [-0.2, -0.15) is 0 Å². The zero-order valence-electron chi connectivity index (χ0n) is 23.6.